The van der Waals surface area contributed by atoms with Crippen LogP contribution in [-0.4, -0.2) is 11.0 Å². The Hall–Kier alpha value is -2.23. The van der Waals surface area contributed by atoms with Crippen LogP contribution in [0.5, 0.6) is 0 Å². The van der Waals surface area contributed by atoms with Crippen molar-refractivity contribution in [2.75, 3.05) is 0 Å². The number of nitrogens with one attached hydrogen (secondary N) is 1. The van der Waals surface area contributed by atoms with Gasteiger partial charge in [-0.25, -0.2) is 0 Å². The summed E-state index contributed by atoms with van der Waals surface area (Å²) in [5.74, 6) is 0. The molecule has 0 aliphatic carbocycles. The number of thiol groups is 1. The second-order valence-electron chi connectivity index (χ2n) is 6.01. The van der Waals surface area contributed by atoms with Gasteiger partial charge in [0.1, 0.15) is 0 Å². The fourth-order valence-corrected chi connectivity index (χ4v) is 3.06. The average Bonchev–Trinajstić information content (AvgIpc) is 2.97. The first kappa shape index (κ1) is 19.1. The van der Waals surface area contributed by atoms with E-state index in [-0.39, 0.29) is 6.04 Å². The standard InChI is InChI=1S/C12H18N2.C10H8S/c1-4-6-11-10(7-9(3)13)8-14-12(11)5-2;11-10-7-3-5-8-4-1-2-6-9(8)10/h4-6,8-9,14H,1,7,13H2,2-3H3;1-7,11H/b11-6-,12-5+;. The highest BCUT2D eigenvalue weighted by Crippen LogP contribution is 2.20. The van der Waals surface area contributed by atoms with Crippen LogP contribution in [0, 0.1) is 0 Å². The predicted octanol–water partition coefficient (Wildman–Crippen LogP) is 3.80. The smallest absolute Gasteiger partial charge is 0.0413 e. The second kappa shape index (κ2) is 9.30. The van der Waals surface area contributed by atoms with E-state index in [9.17, 15) is 0 Å². The van der Waals surface area contributed by atoms with E-state index < -0.39 is 0 Å². The van der Waals surface area contributed by atoms with Crippen LogP contribution in [0.15, 0.2) is 66.2 Å². The van der Waals surface area contributed by atoms with Crippen LogP contribution in [0.2, 0.25) is 0 Å². The van der Waals surface area contributed by atoms with Crippen LogP contribution in [0.3, 0.4) is 0 Å². The van der Waals surface area contributed by atoms with Gasteiger partial charge in [-0.15, -0.1) is 12.6 Å². The molecule has 0 aliphatic rings. The van der Waals surface area contributed by atoms with Crippen molar-refractivity contribution in [1.29, 1.82) is 0 Å². The van der Waals surface area contributed by atoms with E-state index >= 15 is 0 Å². The van der Waals surface area contributed by atoms with Gasteiger partial charge in [0, 0.05) is 27.7 Å². The van der Waals surface area contributed by atoms with E-state index in [2.05, 4.69) is 48.5 Å². The van der Waals surface area contributed by atoms with Crippen molar-refractivity contribution in [3.8, 4) is 0 Å². The molecule has 130 valence electrons. The largest absolute Gasteiger partial charge is 0.361 e. The molecule has 2 nitrogen and oxygen atoms in total. The van der Waals surface area contributed by atoms with Crippen molar-refractivity contribution in [2.45, 2.75) is 31.2 Å². The molecule has 0 saturated carbocycles. The molecule has 0 amide bonds. The van der Waals surface area contributed by atoms with Gasteiger partial charge in [0.25, 0.3) is 0 Å². The number of hydrogen-bond donors (Lipinski definition) is 3. The number of nitrogens with two attached hydrogens (primary N) is 1. The lowest BCUT2D eigenvalue weighted by atomic mass is 10.1. The van der Waals surface area contributed by atoms with Crippen molar-refractivity contribution >= 4 is 35.6 Å². The predicted molar refractivity (Wildman–Crippen MR) is 113 cm³/mol. The van der Waals surface area contributed by atoms with Gasteiger partial charge in [0.15, 0.2) is 0 Å². The molecule has 0 aliphatic heterocycles. The summed E-state index contributed by atoms with van der Waals surface area (Å²) in [6.45, 7) is 7.75. The van der Waals surface area contributed by atoms with Gasteiger partial charge in [-0.2, -0.15) is 0 Å². The molecular formula is C22H26N2S. The molecule has 0 saturated heterocycles. The lowest BCUT2D eigenvalue weighted by Crippen LogP contribution is -2.28. The SMILES string of the molecule is C=C/C=c1/c(CC(C)N)c[nH]/c1=C/C.Sc1cccc2ccccc12. The molecule has 2 aromatic carbocycles. The van der Waals surface area contributed by atoms with Gasteiger partial charge in [-0.1, -0.05) is 61.2 Å². The molecule has 25 heavy (non-hydrogen) atoms. The first-order valence-electron chi connectivity index (χ1n) is 8.44. The zero-order valence-corrected chi connectivity index (χ0v) is 15.8. The molecule has 0 spiro atoms. The van der Waals surface area contributed by atoms with Crippen LogP contribution in [-0.2, 0) is 6.42 Å². The molecule has 1 atom stereocenters. The topological polar surface area (TPSA) is 41.8 Å². The number of aromatic amines is 1. The lowest BCUT2D eigenvalue weighted by molar-refractivity contribution is 0.736. The number of allylic oxidation sites excluding steroid dienone is 1. The summed E-state index contributed by atoms with van der Waals surface area (Å²) in [7, 11) is 0. The fourth-order valence-electron chi connectivity index (χ4n) is 2.77. The zero-order valence-electron chi connectivity index (χ0n) is 14.9. The molecular weight excluding hydrogens is 324 g/mol. The summed E-state index contributed by atoms with van der Waals surface area (Å²) in [5.41, 5.74) is 7.03. The Morgan fingerprint density at radius 1 is 1.20 bits per heavy atom. The number of aromatic nitrogens is 1. The third kappa shape index (κ3) is 5.12. The number of benzene rings is 2. The molecule has 3 aromatic rings. The molecule has 3 heteroatoms. The molecule has 1 unspecified atom stereocenters. The molecule has 3 rings (SSSR count). The highest BCUT2D eigenvalue weighted by atomic mass is 32.1. The maximum absolute atomic E-state index is 5.78. The highest BCUT2D eigenvalue weighted by Gasteiger charge is 2.01. The summed E-state index contributed by atoms with van der Waals surface area (Å²) in [6.07, 6.45) is 8.79. The Bertz CT molecular complexity index is 946. The quantitative estimate of drug-likeness (QED) is 0.618. The fraction of sp³-hybridized carbons (Fsp3) is 0.182. The zero-order chi connectivity index (χ0) is 18.2. The van der Waals surface area contributed by atoms with Crippen molar-refractivity contribution in [3.05, 3.63) is 77.4 Å². The molecule has 0 bridgehead atoms. The van der Waals surface area contributed by atoms with Crippen molar-refractivity contribution in [2.24, 2.45) is 5.73 Å². The van der Waals surface area contributed by atoms with Gasteiger partial charge in [0.05, 0.1) is 0 Å². The summed E-state index contributed by atoms with van der Waals surface area (Å²) in [6, 6.07) is 14.5. The van der Waals surface area contributed by atoms with Crippen LogP contribution >= 0.6 is 12.6 Å². The highest BCUT2D eigenvalue weighted by molar-refractivity contribution is 7.80. The van der Waals surface area contributed by atoms with Gasteiger partial charge < -0.3 is 10.7 Å². The minimum atomic E-state index is 0.187. The van der Waals surface area contributed by atoms with E-state index in [1.54, 1.807) is 6.08 Å². The van der Waals surface area contributed by atoms with Crippen molar-refractivity contribution < 1.29 is 0 Å². The molecule has 3 N–H and O–H groups in total. The van der Waals surface area contributed by atoms with Crippen LogP contribution < -0.4 is 16.3 Å². The first-order valence-corrected chi connectivity index (χ1v) is 8.89. The second-order valence-corrected chi connectivity index (χ2v) is 6.49. The number of fused-ring (bicyclic) bond motifs is 1. The maximum atomic E-state index is 5.78. The third-order valence-electron chi connectivity index (χ3n) is 3.92. The van der Waals surface area contributed by atoms with E-state index in [1.807, 2.05) is 50.4 Å². The Labute approximate surface area is 155 Å². The lowest BCUT2D eigenvalue weighted by Gasteiger charge is -2.01. The Morgan fingerprint density at radius 3 is 2.56 bits per heavy atom. The van der Waals surface area contributed by atoms with Crippen LogP contribution in [0.1, 0.15) is 19.4 Å². The molecule has 1 aromatic heterocycles. The van der Waals surface area contributed by atoms with Gasteiger partial charge in [-0.05, 0) is 42.7 Å². The number of rotatable bonds is 3. The van der Waals surface area contributed by atoms with Crippen LogP contribution in [0.25, 0.3) is 22.9 Å². The monoisotopic (exact) mass is 350 g/mol. The van der Waals surface area contributed by atoms with E-state index in [0.29, 0.717) is 0 Å². The Kier molecular flexibility index (Phi) is 7.11. The number of H-pyrrole nitrogens is 1. The molecule has 0 radical (unpaired) electrons. The summed E-state index contributed by atoms with van der Waals surface area (Å²) < 4.78 is 0. The minimum absolute atomic E-state index is 0.187. The Morgan fingerprint density at radius 2 is 1.92 bits per heavy atom. The Balaban J connectivity index is 0.000000185. The van der Waals surface area contributed by atoms with Gasteiger partial charge in [0.2, 0.25) is 0 Å². The van der Waals surface area contributed by atoms with E-state index in [1.165, 1.54) is 21.6 Å². The summed E-state index contributed by atoms with van der Waals surface area (Å²) >= 11 is 4.35. The number of hydrogen-bond acceptors (Lipinski definition) is 2. The maximum Gasteiger partial charge on any atom is 0.0413 e. The average molecular weight is 351 g/mol. The van der Waals surface area contributed by atoms with E-state index in [4.69, 9.17) is 5.73 Å². The van der Waals surface area contributed by atoms with Gasteiger partial charge >= 0.3 is 0 Å². The summed E-state index contributed by atoms with van der Waals surface area (Å²) in [5, 5.41) is 4.82. The van der Waals surface area contributed by atoms with E-state index in [0.717, 1.165) is 16.7 Å². The normalized spacial score (nSPS) is 13.4. The molecule has 0 fully saturated rings. The third-order valence-corrected chi connectivity index (χ3v) is 4.31. The first-order chi connectivity index (χ1) is 12.1. The van der Waals surface area contributed by atoms with Crippen molar-refractivity contribution in [1.82, 2.24) is 4.98 Å². The van der Waals surface area contributed by atoms with Gasteiger partial charge in [-0.3, -0.25) is 0 Å². The van der Waals surface area contributed by atoms with Crippen LogP contribution in [0.4, 0.5) is 0 Å². The van der Waals surface area contributed by atoms with Crippen molar-refractivity contribution in [3.63, 3.8) is 0 Å². The summed E-state index contributed by atoms with van der Waals surface area (Å²) in [4.78, 5) is 4.27. The minimum Gasteiger partial charge on any atom is -0.361 e. The molecule has 1 heterocycles.